The van der Waals surface area contributed by atoms with Gasteiger partial charge in [0.25, 0.3) is 0 Å². The van der Waals surface area contributed by atoms with Gasteiger partial charge >= 0.3 is 0 Å². The second kappa shape index (κ2) is 5.65. The molecule has 0 aliphatic heterocycles. The van der Waals surface area contributed by atoms with E-state index in [0.29, 0.717) is 0 Å². The Bertz CT molecular complexity index is 300. The summed E-state index contributed by atoms with van der Waals surface area (Å²) in [6, 6.07) is 8.21. The first kappa shape index (κ1) is 10.1. The zero-order chi connectivity index (χ0) is 9.52. The van der Waals surface area contributed by atoms with E-state index in [-0.39, 0.29) is 0 Å². The van der Waals surface area contributed by atoms with Gasteiger partial charge in [0.15, 0.2) is 0 Å². The second-order valence-corrected chi connectivity index (χ2v) is 3.19. The third kappa shape index (κ3) is 3.11. The van der Waals surface area contributed by atoms with Crippen LogP contribution in [0.3, 0.4) is 0 Å². The lowest BCUT2D eigenvalue weighted by molar-refractivity contribution is 1.26. The highest BCUT2D eigenvalue weighted by Crippen LogP contribution is 2.11. The molecule has 13 heavy (non-hydrogen) atoms. The predicted octanol–water partition coefficient (Wildman–Crippen LogP) is 3.66. The van der Waals surface area contributed by atoms with Crippen LogP contribution in [-0.4, -0.2) is 5.75 Å². The van der Waals surface area contributed by atoms with Crippen LogP contribution >= 0.6 is 12.6 Å². The fourth-order valence-electron chi connectivity index (χ4n) is 1.13. The molecule has 0 aliphatic rings. The molecule has 0 N–H and O–H groups in total. The van der Waals surface area contributed by atoms with Crippen LogP contribution < -0.4 is 0 Å². The molecule has 0 saturated carbocycles. The molecule has 0 atom stereocenters. The zero-order valence-electron chi connectivity index (χ0n) is 7.61. The van der Waals surface area contributed by atoms with Gasteiger partial charge in [-0.1, -0.05) is 49.1 Å². The fourth-order valence-corrected chi connectivity index (χ4v) is 1.28. The van der Waals surface area contributed by atoms with Crippen molar-refractivity contribution in [1.82, 2.24) is 0 Å². The Labute approximate surface area is 85.4 Å². The summed E-state index contributed by atoms with van der Waals surface area (Å²) >= 11 is 4.14. The van der Waals surface area contributed by atoms with Gasteiger partial charge in [0.1, 0.15) is 0 Å². The maximum atomic E-state index is 4.14. The third-order valence-corrected chi connectivity index (χ3v) is 2.07. The SMILES string of the molecule is C=Cc1ccccc1C=CCCS. The molecule has 0 bridgehead atoms. The standard InChI is InChI=1S/C12H14S/c1-2-11-7-3-4-8-12(11)9-5-6-10-13/h2-5,7-9,13H,1,6,10H2. The molecule has 0 fully saturated rings. The lowest BCUT2D eigenvalue weighted by atomic mass is 10.1. The molecular formula is C12H14S. The highest BCUT2D eigenvalue weighted by Gasteiger charge is 1.91. The number of benzene rings is 1. The van der Waals surface area contributed by atoms with Crippen LogP contribution in [0.1, 0.15) is 17.5 Å². The molecule has 0 unspecified atom stereocenters. The first-order valence-corrected chi connectivity index (χ1v) is 5.00. The van der Waals surface area contributed by atoms with E-state index in [1.807, 2.05) is 18.2 Å². The predicted molar refractivity (Wildman–Crippen MR) is 64.0 cm³/mol. The van der Waals surface area contributed by atoms with E-state index in [0.717, 1.165) is 12.2 Å². The summed E-state index contributed by atoms with van der Waals surface area (Å²) in [5.41, 5.74) is 2.40. The van der Waals surface area contributed by atoms with Gasteiger partial charge in [0.05, 0.1) is 0 Å². The van der Waals surface area contributed by atoms with Crippen LogP contribution in [0.4, 0.5) is 0 Å². The highest BCUT2D eigenvalue weighted by atomic mass is 32.1. The normalized spacial score (nSPS) is 10.5. The van der Waals surface area contributed by atoms with Gasteiger partial charge in [-0.2, -0.15) is 12.6 Å². The van der Waals surface area contributed by atoms with Crippen molar-refractivity contribution in [1.29, 1.82) is 0 Å². The molecular weight excluding hydrogens is 176 g/mol. The van der Waals surface area contributed by atoms with E-state index in [9.17, 15) is 0 Å². The van der Waals surface area contributed by atoms with Crippen LogP contribution in [0.5, 0.6) is 0 Å². The van der Waals surface area contributed by atoms with Gasteiger partial charge in [-0.15, -0.1) is 0 Å². The number of thiol groups is 1. The second-order valence-electron chi connectivity index (χ2n) is 2.75. The van der Waals surface area contributed by atoms with Crippen molar-refractivity contribution in [2.45, 2.75) is 6.42 Å². The van der Waals surface area contributed by atoms with Crippen LogP contribution in [0.2, 0.25) is 0 Å². The lowest BCUT2D eigenvalue weighted by Gasteiger charge is -1.98. The molecule has 68 valence electrons. The summed E-state index contributed by atoms with van der Waals surface area (Å²) in [7, 11) is 0. The van der Waals surface area contributed by atoms with Crippen LogP contribution in [0.15, 0.2) is 36.9 Å². The summed E-state index contributed by atoms with van der Waals surface area (Å²) < 4.78 is 0. The van der Waals surface area contributed by atoms with Crippen molar-refractivity contribution >= 4 is 24.8 Å². The molecule has 0 aliphatic carbocycles. The summed E-state index contributed by atoms with van der Waals surface area (Å²) in [4.78, 5) is 0. The van der Waals surface area contributed by atoms with E-state index in [4.69, 9.17) is 0 Å². The fraction of sp³-hybridized carbons (Fsp3) is 0.167. The molecule has 0 aromatic heterocycles. The van der Waals surface area contributed by atoms with Crippen molar-refractivity contribution in [2.75, 3.05) is 5.75 Å². The van der Waals surface area contributed by atoms with E-state index in [1.165, 1.54) is 11.1 Å². The summed E-state index contributed by atoms with van der Waals surface area (Å²) in [6.45, 7) is 3.77. The van der Waals surface area contributed by atoms with E-state index in [2.05, 4.69) is 43.5 Å². The molecule has 1 aromatic carbocycles. The minimum atomic E-state index is 0.896. The molecule has 0 nitrogen and oxygen atoms in total. The summed E-state index contributed by atoms with van der Waals surface area (Å²) in [5, 5.41) is 0. The Morgan fingerprint density at radius 1 is 1.23 bits per heavy atom. The maximum Gasteiger partial charge on any atom is -0.00632 e. The highest BCUT2D eigenvalue weighted by molar-refractivity contribution is 7.80. The van der Waals surface area contributed by atoms with Gasteiger partial charge in [0, 0.05) is 0 Å². The van der Waals surface area contributed by atoms with Gasteiger partial charge in [-0.3, -0.25) is 0 Å². The summed E-state index contributed by atoms with van der Waals surface area (Å²) in [6.07, 6.45) is 7.14. The smallest absolute Gasteiger partial charge is 0.00632 e. The Balaban J connectivity index is 2.80. The van der Waals surface area contributed by atoms with Crippen molar-refractivity contribution in [3.8, 4) is 0 Å². The number of rotatable bonds is 4. The van der Waals surface area contributed by atoms with Gasteiger partial charge in [-0.25, -0.2) is 0 Å². The number of hydrogen-bond donors (Lipinski definition) is 1. The van der Waals surface area contributed by atoms with Crippen molar-refractivity contribution in [2.24, 2.45) is 0 Å². The Morgan fingerprint density at radius 2 is 1.92 bits per heavy atom. The number of hydrogen-bond acceptors (Lipinski definition) is 1. The van der Waals surface area contributed by atoms with Crippen molar-refractivity contribution in [3.63, 3.8) is 0 Å². The topological polar surface area (TPSA) is 0 Å². The number of allylic oxidation sites excluding steroid dienone is 1. The molecule has 0 amide bonds. The van der Waals surface area contributed by atoms with Gasteiger partial charge in [0.2, 0.25) is 0 Å². The minimum absolute atomic E-state index is 0.896. The van der Waals surface area contributed by atoms with Gasteiger partial charge in [-0.05, 0) is 23.3 Å². The molecule has 1 heteroatoms. The first-order chi connectivity index (χ1) is 6.38. The first-order valence-electron chi connectivity index (χ1n) is 4.37. The quantitative estimate of drug-likeness (QED) is 0.688. The van der Waals surface area contributed by atoms with E-state index >= 15 is 0 Å². The Kier molecular flexibility index (Phi) is 4.41. The van der Waals surface area contributed by atoms with E-state index in [1.54, 1.807) is 0 Å². The largest absolute Gasteiger partial charge is 0.179 e. The Hall–Kier alpha value is -0.950. The molecule has 0 radical (unpaired) electrons. The third-order valence-electron chi connectivity index (χ3n) is 1.81. The van der Waals surface area contributed by atoms with Crippen LogP contribution in [0.25, 0.3) is 12.2 Å². The molecule has 0 heterocycles. The van der Waals surface area contributed by atoms with Crippen molar-refractivity contribution in [3.05, 3.63) is 48.0 Å². The average Bonchev–Trinajstić information content (AvgIpc) is 2.19. The Morgan fingerprint density at radius 3 is 2.54 bits per heavy atom. The maximum absolute atomic E-state index is 4.14. The minimum Gasteiger partial charge on any atom is -0.179 e. The molecule has 0 spiro atoms. The van der Waals surface area contributed by atoms with Crippen molar-refractivity contribution < 1.29 is 0 Å². The van der Waals surface area contributed by atoms with E-state index < -0.39 is 0 Å². The van der Waals surface area contributed by atoms with Gasteiger partial charge < -0.3 is 0 Å². The monoisotopic (exact) mass is 190 g/mol. The molecule has 1 rings (SSSR count). The van der Waals surface area contributed by atoms with Crippen LogP contribution in [-0.2, 0) is 0 Å². The molecule has 1 aromatic rings. The van der Waals surface area contributed by atoms with Crippen LogP contribution in [0, 0.1) is 0 Å². The lowest BCUT2D eigenvalue weighted by Crippen LogP contribution is -1.78. The average molecular weight is 190 g/mol. The zero-order valence-corrected chi connectivity index (χ0v) is 8.50. The molecule has 0 saturated heterocycles. The summed E-state index contributed by atoms with van der Waals surface area (Å²) in [5.74, 6) is 0.896.